The van der Waals surface area contributed by atoms with E-state index in [2.05, 4.69) is 12.6 Å². The summed E-state index contributed by atoms with van der Waals surface area (Å²) in [7, 11) is 2.10. The van der Waals surface area contributed by atoms with Gasteiger partial charge in [0.1, 0.15) is 0 Å². The lowest BCUT2D eigenvalue weighted by Gasteiger charge is -2.74. The Morgan fingerprint density at radius 1 is 0.543 bits per heavy atom. The van der Waals surface area contributed by atoms with E-state index < -0.39 is 0 Å². The minimum atomic E-state index is 0.188. The summed E-state index contributed by atoms with van der Waals surface area (Å²) in [4.78, 5) is 12.9. The van der Waals surface area contributed by atoms with Crippen molar-refractivity contribution in [2.45, 2.75) is 172 Å². The van der Waals surface area contributed by atoms with Crippen molar-refractivity contribution in [1.82, 2.24) is 5.32 Å². The highest BCUT2D eigenvalue weighted by Crippen LogP contribution is 2.72. The Balaban J connectivity index is 1.03. The minimum absolute atomic E-state index is 0.188. The number of hydrogen-bond donors (Lipinski definition) is 1. The number of carbonyl (C=O) groups excluding carboxylic acids is 1. The molecule has 6 aliphatic rings. The molecule has 0 unspecified atom stereocenters. The first kappa shape index (κ1) is 26.2. The molecule has 0 heterocycles. The van der Waals surface area contributed by atoms with E-state index >= 15 is 0 Å². The first-order valence-electron chi connectivity index (χ1n) is 16.3. The molecular weight excluding hydrogens is 425 g/mol. The van der Waals surface area contributed by atoms with Crippen LogP contribution in [0.25, 0.3) is 0 Å². The summed E-state index contributed by atoms with van der Waals surface area (Å²) in [5.74, 6) is 3.81. The van der Waals surface area contributed by atoms with E-state index in [1.807, 2.05) is 0 Å². The number of hydrogen-bond acceptors (Lipinski definition) is 1. The number of rotatable bonds is 5. The average molecular weight is 481 g/mol. The Morgan fingerprint density at radius 2 is 0.971 bits per heavy atom. The van der Waals surface area contributed by atoms with Crippen molar-refractivity contribution in [2.24, 2.45) is 23.2 Å². The SMILES string of the molecule is O=C([B]C1CCCCCCCCC1)NC12CC(C3CCCC(C4CCCCCCC4)CCC3)(C1)C2. The highest BCUT2D eigenvalue weighted by Gasteiger charge is 2.70. The smallest absolute Gasteiger partial charge is 0.236 e. The fraction of sp³-hybridized carbons (Fsp3) is 0.969. The second-order valence-electron chi connectivity index (χ2n) is 14.1. The van der Waals surface area contributed by atoms with E-state index in [0.29, 0.717) is 11.2 Å². The molecule has 2 nitrogen and oxygen atoms in total. The van der Waals surface area contributed by atoms with Gasteiger partial charge in [-0.25, -0.2) is 0 Å². The fourth-order valence-electron chi connectivity index (χ4n) is 9.54. The summed E-state index contributed by atoms with van der Waals surface area (Å²) >= 11 is 0. The molecule has 0 atom stereocenters. The van der Waals surface area contributed by atoms with E-state index in [4.69, 9.17) is 0 Å². The lowest BCUT2D eigenvalue weighted by molar-refractivity contribution is -0.188. The third-order valence-corrected chi connectivity index (χ3v) is 11.4. The monoisotopic (exact) mass is 480 g/mol. The first-order chi connectivity index (χ1) is 17.2. The summed E-state index contributed by atoms with van der Waals surface area (Å²) < 4.78 is 0. The van der Waals surface area contributed by atoms with Crippen LogP contribution in [0.3, 0.4) is 0 Å². The number of amides is 1. The normalized spacial score (nSPS) is 38.4. The fourth-order valence-corrected chi connectivity index (χ4v) is 9.54. The van der Waals surface area contributed by atoms with Crippen LogP contribution in [0.4, 0.5) is 4.79 Å². The van der Waals surface area contributed by atoms with Gasteiger partial charge in [-0.15, -0.1) is 0 Å². The molecule has 0 aromatic carbocycles. The number of nitrogens with one attached hydrogen (secondary N) is 1. The Kier molecular flexibility index (Phi) is 9.26. The molecule has 0 saturated heterocycles. The van der Waals surface area contributed by atoms with Crippen LogP contribution in [0, 0.1) is 23.2 Å². The number of carbonyl (C=O) groups is 1. The predicted molar refractivity (Wildman–Crippen MR) is 149 cm³/mol. The zero-order valence-corrected chi connectivity index (χ0v) is 23.0. The van der Waals surface area contributed by atoms with Gasteiger partial charge >= 0.3 is 0 Å². The van der Waals surface area contributed by atoms with E-state index in [1.165, 1.54) is 161 Å². The molecule has 0 spiro atoms. The van der Waals surface area contributed by atoms with E-state index in [-0.39, 0.29) is 11.3 Å². The third kappa shape index (κ3) is 6.70. The molecule has 1 N–H and O–H groups in total. The van der Waals surface area contributed by atoms with E-state index in [1.54, 1.807) is 0 Å². The molecule has 0 aromatic heterocycles. The molecule has 35 heavy (non-hydrogen) atoms. The van der Waals surface area contributed by atoms with Crippen LogP contribution in [-0.2, 0) is 0 Å². The molecule has 6 fully saturated rings. The van der Waals surface area contributed by atoms with Crippen molar-refractivity contribution in [3.05, 3.63) is 0 Å². The molecule has 6 rings (SSSR count). The Bertz CT molecular complexity index is 629. The Morgan fingerprint density at radius 3 is 1.49 bits per heavy atom. The van der Waals surface area contributed by atoms with Gasteiger partial charge in [-0.1, -0.05) is 134 Å². The van der Waals surface area contributed by atoms with Crippen molar-refractivity contribution < 1.29 is 4.79 Å². The van der Waals surface area contributed by atoms with Crippen LogP contribution >= 0.6 is 0 Å². The zero-order chi connectivity index (χ0) is 24.0. The average Bonchev–Trinajstić information content (AvgIpc) is 2.75. The maximum Gasteiger partial charge on any atom is 0.236 e. The highest BCUT2D eigenvalue weighted by molar-refractivity contribution is 6.74. The maximum absolute atomic E-state index is 12.9. The van der Waals surface area contributed by atoms with Crippen LogP contribution < -0.4 is 5.32 Å². The van der Waals surface area contributed by atoms with Crippen molar-refractivity contribution in [3.63, 3.8) is 0 Å². The van der Waals surface area contributed by atoms with Crippen LogP contribution in [0.1, 0.15) is 161 Å². The quantitative estimate of drug-likeness (QED) is 0.390. The van der Waals surface area contributed by atoms with Crippen molar-refractivity contribution in [2.75, 3.05) is 0 Å². The summed E-state index contributed by atoms with van der Waals surface area (Å²) in [5, 5.41) is 3.53. The second-order valence-corrected chi connectivity index (χ2v) is 14.1. The lowest BCUT2D eigenvalue weighted by atomic mass is 9.34. The molecule has 0 aromatic rings. The van der Waals surface area contributed by atoms with Gasteiger partial charge in [-0.05, 0) is 55.3 Å². The molecule has 6 saturated carbocycles. The second kappa shape index (κ2) is 12.4. The van der Waals surface area contributed by atoms with Gasteiger partial charge < -0.3 is 5.32 Å². The minimum Gasteiger partial charge on any atom is -0.360 e. The molecular formula is C32H55BNO. The molecule has 6 aliphatic carbocycles. The highest BCUT2D eigenvalue weighted by atomic mass is 16.1. The zero-order valence-electron chi connectivity index (χ0n) is 23.0. The van der Waals surface area contributed by atoms with Crippen LogP contribution in [-0.4, -0.2) is 18.6 Å². The molecule has 3 heteroatoms. The van der Waals surface area contributed by atoms with Gasteiger partial charge in [-0.2, -0.15) is 0 Å². The lowest BCUT2D eigenvalue weighted by Crippen LogP contribution is -2.76. The van der Waals surface area contributed by atoms with Crippen molar-refractivity contribution >= 4 is 13.1 Å². The molecule has 0 aliphatic heterocycles. The summed E-state index contributed by atoms with van der Waals surface area (Å²) in [6.45, 7) is 0. The van der Waals surface area contributed by atoms with Gasteiger partial charge in [0.2, 0.25) is 7.28 Å². The predicted octanol–water partition coefficient (Wildman–Crippen LogP) is 9.58. The standard InChI is InChI=1S/C32H55BNO/c35-30(33-29-21-11-7-2-1-3-8-12-22-29)34-32-23-31(24-32,25-32)28-19-13-17-27(18-14-20-28)26-15-9-5-4-6-10-16-26/h26-29H,1-25H2,(H,34,35). The van der Waals surface area contributed by atoms with Gasteiger partial charge in [0.15, 0.2) is 5.81 Å². The van der Waals surface area contributed by atoms with Crippen molar-refractivity contribution in [3.8, 4) is 0 Å². The van der Waals surface area contributed by atoms with E-state index in [0.717, 1.165) is 17.8 Å². The largest absolute Gasteiger partial charge is 0.360 e. The van der Waals surface area contributed by atoms with Gasteiger partial charge in [0.05, 0.1) is 0 Å². The Hall–Kier alpha value is -0.465. The van der Waals surface area contributed by atoms with E-state index in [9.17, 15) is 4.79 Å². The maximum atomic E-state index is 12.9. The first-order valence-corrected chi connectivity index (χ1v) is 16.3. The third-order valence-electron chi connectivity index (χ3n) is 11.4. The molecule has 1 amide bonds. The van der Waals surface area contributed by atoms with Gasteiger partial charge in [0.25, 0.3) is 0 Å². The van der Waals surface area contributed by atoms with Gasteiger partial charge in [-0.3, -0.25) is 4.79 Å². The van der Waals surface area contributed by atoms with Crippen molar-refractivity contribution in [1.29, 1.82) is 0 Å². The van der Waals surface area contributed by atoms with Crippen LogP contribution in [0.5, 0.6) is 0 Å². The molecule has 197 valence electrons. The molecule has 2 bridgehead atoms. The van der Waals surface area contributed by atoms with Gasteiger partial charge in [0, 0.05) is 5.54 Å². The van der Waals surface area contributed by atoms with Crippen LogP contribution in [0.2, 0.25) is 5.82 Å². The van der Waals surface area contributed by atoms with Crippen LogP contribution in [0.15, 0.2) is 0 Å². The topological polar surface area (TPSA) is 29.1 Å². The Labute approximate surface area is 218 Å². The molecule has 1 radical (unpaired) electrons. The summed E-state index contributed by atoms with van der Waals surface area (Å²) in [6.07, 6.45) is 35.3. The summed E-state index contributed by atoms with van der Waals surface area (Å²) in [5.41, 5.74) is 0.796. The summed E-state index contributed by atoms with van der Waals surface area (Å²) in [6, 6.07) is 0.